The molecule has 4 aromatic rings. The lowest BCUT2D eigenvalue weighted by Gasteiger charge is -2.10. The largest absolute Gasteiger partial charge is 0.497 e. The monoisotopic (exact) mass is 385 g/mol. The minimum atomic E-state index is 0.0109. The van der Waals surface area contributed by atoms with Crippen LogP contribution >= 0.6 is 0 Å². The standard InChI is InChI=1S/C25H23NO3/c1-17(18-7-5-4-6-8-18)26-23-16-25(19-9-11-20(27-2)12-10-19)29-24-14-13-21(28-3)15-22(23)24/h4-17H,1-3H3. The van der Waals surface area contributed by atoms with Crippen molar-refractivity contribution < 1.29 is 13.9 Å². The Balaban J connectivity index is 1.90. The van der Waals surface area contributed by atoms with Crippen LogP contribution in [0.5, 0.6) is 11.5 Å². The summed E-state index contributed by atoms with van der Waals surface area (Å²) in [5, 5.41) is 1.79. The normalized spacial score (nSPS) is 12.7. The first-order valence-corrected chi connectivity index (χ1v) is 9.53. The predicted octanol–water partition coefficient (Wildman–Crippen LogP) is 5.78. The van der Waals surface area contributed by atoms with E-state index in [2.05, 4.69) is 19.1 Å². The third-order valence-corrected chi connectivity index (χ3v) is 4.94. The second-order valence-electron chi connectivity index (χ2n) is 6.80. The lowest BCUT2D eigenvalue weighted by Crippen LogP contribution is -2.07. The second kappa shape index (κ2) is 8.23. The Morgan fingerprint density at radius 2 is 1.48 bits per heavy atom. The highest BCUT2D eigenvalue weighted by Crippen LogP contribution is 2.27. The fourth-order valence-corrected chi connectivity index (χ4v) is 3.29. The molecule has 0 saturated carbocycles. The molecule has 4 nitrogen and oxygen atoms in total. The lowest BCUT2D eigenvalue weighted by molar-refractivity contribution is 0.414. The Morgan fingerprint density at radius 3 is 2.17 bits per heavy atom. The molecule has 0 spiro atoms. The zero-order chi connectivity index (χ0) is 20.2. The topological polar surface area (TPSA) is 44.0 Å². The van der Waals surface area contributed by atoms with Crippen LogP contribution in [0.4, 0.5) is 0 Å². The molecule has 1 unspecified atom stereocenters. The molecule has 3 aromatic carbocycles. The summed E-state index contributed by atoms with van der Waals surface area (Å²) in [7, 11) is 3.32. The predicted molar refractivity (Wildman–Crippen MR) is 115 cm³/mol. The number of fused-ring (bicyclic) bond motifs is 1. The Morgan fingerprint density at radius 1 is 0.793 bits per heavy atom. The van der Waals surface area contributed by atoms with Crippen molar-refractivity contribution in [1.29, 1.82) is 0 Å². The van der Waals surface area contributed by atoms with Crippen molar-refractivity contribution in [3.05, 3.63) is 89.8 Å². The molecule has 0 aliphatic heterocycles. The van der Waals surface area contributed by atoms with Gasteiger partial charge in [-0.05, 0) is 55.0 Å². The molecule has 4 heteroatoms. The van der Waals surface area contributed by atoms with Crippen LogP contribution in [0, 0.1) is 0 Å². The van der Waals surface area contributed by atoms with Crippen molar-refractivity contribution in [3.63, 3.8) is 0 Å². The van der Waals surface area contributed by atoms with Crippen LogP contribution in [-0.4, -0.2) is 14.2 Å². The molecule has 0 radical (unpaired) electrons. The van der Waals surface area contributed by atoms with Crippen LogP contribution < -0.4 is 14.8 Å². The van der Waals surface area contributed by atoms with Crippen molar-refractivity contribution in [3.8, 4) is 22.8 Å². The fraction of sp³-hybridized carbons (Fsp3) is 0.160. The molecular weight excluding hydrogens is 362 g/mol. The van der Waals surface area contributed by atoms with Crippen LogP contribution in [0.15, 0.2) is 88.3 Å². The third-order valence-electron chi connectivity index (χ3n) is 4.94. The van der Waals surface area contributed by atoms with Gasteiger partial charge in [-0.1, -0.05) is 30.3 Å². The van der Waals surface area contributed by atoms with E-state index in [1.54, 1.807) is 14.2 Å². The van der Waals surface area contributed by atoms with Crippen molar-refractivity contribution in [1.82, 2.24) is 0 Å². The number of hydrogen-bond acceptors (Lipinski definition) is 4. The van der Waals surface area contributed by atoms with Crippen LogP contribution in [0.1, 0.15) is 18.5 Å². The number of methoxy groups -OCH3 is 2. The zero-order valence-electron chi connectivity index (χ0n) is 16.8. The molecule has 1 atom stereocenters. The van der Waals surface area contributed by atoms with E-state index in [4.69, 9.17) is 18.9 Å². The number of benzene rings is 3. The maximum absolute atomic E-state index is 6.19. The van der Waals surface area contributed by atoms with Gasteiger partial charge in [0.25, 0.3) is 0 Å². The van der Waals surface area contributed by atoms with Gasteiger partial charge in [0, 0.05) is 17.0 Å². The summed E-state index contributed by atoms with van der Waals surface area (Å²) in [4.78, 5) is 5.01. The number of hydrogen-bond donors (Lipinski definition) is 0. The first-order valence-electron chi connectivity index (χ1n) is 9.53. The van der Waals surface area contributed by atoms with Gasteiger partial charge >= 0.3 is 0 Å². The SMILES string of the molecule is COc1ccc(-c2cc(=NC(C)c3ccccc3)c3cc(OC)ccc3o2)cc1. The van der Waals surface area contributed by atoms with E-state index in [1.165, 1.54) is 0 Å². The van der Waals surface area contributed by atoms with E-state index < -0.39 is 0 Å². The highest BCUT2D eigenvalue weighted by molar-refractivity contribution is 5.80. The molecule has 0 aliphatic rings. The van der Waals surface area contributed by atoms with Crippen molar-refractivity contribution in [2.45, 2.75) is 13.0 Å². The van der Waals surface area contributed by atoms with Crippen LogP contribution in [0.3, 0.4) is 0 Å². The molecule has 146 valence electrons. The number of rotatable bonds is 5. The van der Waals surface area contributed by atoms with Crippen molar-refractivity contribution in [2.24, 2.45) is 4.99 Å². The maximum Gasteiger partial charge on any atom is 0.137 e. The second-order valence-corrected chi connectivity index (χ2v) is 6.80. The summed E-state index contributed by atoms with van der Waals surface area (Å²) in [6, 6.07) is 25.9. The summed E-state index contributed by atoms with van der Waals surface area (Å²) < 4.78 is 16.9. The summed E-state index contributed by atoms with van der Waals surface area (Å²) in [6.45, 7) is 2.10. The van der Waals surface area contributed by atoms with Crippen molar-refractivity contribution in [2.75, 3.05) is 14.2 Å². The average Bonchev–Trinajstić information content (AvgIpc) is 2.79. The van der Waals surface area contributed by atoms with Crippen molar-refractivity contribution >= 4 is 11.0 Å². The molecule has 1 heterocycles. The van der Waals surface area contributed by atoms with E-state index in [1.807, 2.05) is 66.7 Å². The smallest absolute Gasteiger partial charge is 0.137 e. The minimum Gasteiger partial charge on any atom is -0.497 e. The van der Waals surface area contributed by atoms with Gasteiger partial charge in [-0.15, -0.1) is 0 Å². The summed E-state index contributed by atoms with van der Waals surface area (Å²) in [5.41, 5.74) is 2.89. The third kappa shape index (κ3) is 4.02. The Hall–Kier alpha value is -3.53. The molecule has 1 aromatic heterocycles. The minimum absolute atomic E-state index is 0.0109. The van der Waals surface area contributed by atoms with Gasteiger partial charge in [-0.2, -0.15) is 0 Å². The van der Waals surface area contributed by atoms with E-state index in [0.29, 0.717) is 0 Å². The Bertz CT molecular complexity index is 1180. The van der Waals surface area contributed by atoms with Gasteiger partial charge in [0.2, 0.25) is 0 Å². The number of ether oxygens (including phenoxy) is 2. The molecule has 29 heavy (non-hydrogen) atoms. The van der Waals surface area contributed by atoms with Gasteiger partial charge in [0.15, 0.2) is 0 Å². The highest BCUT2D eigenvalue weighted by atomic mass is 16.5. The summed E-state index contributed by atoms with van der Waals surface area (Å²) in [5.74, 6) is 2.33. The Kier molecular flexibility index (Phi) is 5.34. The van der Waals surface area contributed by atoms with E-state index in [-0.39, 0.29) is 6.04 Å². The maximum atomic E-state index is 6.19. The average molecular weight is 385 g/mol. The van der Waals surface area contributed by atoms with Gasteiger partial charge in [0.1, 0.15) is 22.8 Å². The van der Waals surface area contributed by atoms with Crippen LogP contribution in [0.25, 0.3) is 22.3 Å². The van der Waals surface area contributed by atoms with E-state index >= 15 is 0 Å². The van der Waals surface area contributed by atoms with Gasteiger partial charge in [-0.3, -0.25) is 4.99 Å². The first-order chi connectivity index (χ1) is 14.2. The Labute approximate surface area is 170 Å². The lowest BCUT2D eigenvalue weighted by atomic mass is 10.1. The van der Waals surface area contributed by atoms with E-state index in [9.17, 15) is 0 Å². The van der Waals surface area contributed by atoms with Gasteiger partial charge < -0.3 is 13.9 Å². The molecule has 0 amide bonds. The highest BCUT2D eigenvalue weighted by Gasteiger charge is 2.09. The zero-order valence-corrected chi connectivity index (χ0v) is 16.8. The quantitative estimate of drug-likeness (QED) is 0.437. The van der Waals surface area contributed by atoms with E-state index in [0.717, 1.165) is 44.7 Å². The molecule has 0 bridgehead atoms. The van der Waals surface area contributed by atoms with Gasteiger partial charge in [-0.25, -0.2) is 0 Å². The summed E-state index contributed by atoms with van der Waals surface area (Å²) >= 11 is 0. The van der Waals surface area contributed by atoms with Crippen LogP contribution in [0.2, 0.25) is 0 Å². The van der Waals surface area contributed by atoms with Gasteiger partial charge in [0.05, 0.1) is 25.6 Å². The molecular formula is C25H23NO3. The number of nitrogens with zero attached hydrogens (tertiary/aromatic N) is 1. The molecule has 0 aliphatic carbocycles. The molecule has 0 fully saturated rings. The molecule has 0 N–H and O–H groups in total. The summed E-state index contributed by atoms with van der Waals surface area (Å²) in [6.07, 6.45) is 0. The fourth-order valence-electron chi connectivity index (χ4n) is 3.29. The molecule has 0 saturated heterocycles. The molecule has 4 rings (SSSR count). The first kappa shape index (κ1) is 18.8. The van der Waals surface area contributed by atoms with Crippen LogP contribution in [-0.2, 0) is 0 Å².